The molecule has 0 fully saturated rings. The Balaban J connectivity index is 3.37. The van der Waals surface area contributed by atoms with Crippen LogP contribution in [0.4, 0.5) is 4.39 Å². The number of alkyl halides is 1. The largest absolute Gasteiger partial charge is 0.237 e. The van der Waals surface area contributed by atoms with E-state index in [9.17, 15) is 14.0 Å². The van der Waals surface area contributed by atoms with Gasteiger partial charge in [-0.25, -0.2) is 19.0 Å². The van der Waals surface area contributed by atoms with Crippen molar-refractivity contribution in [2.75, 3.05) is 6.54 Å². The smallest absolute Gasteiger partial charge is 0.221 e. The minimum atomic E-state index is -1.52. The number of halogens is 1. The van der Waals surface area contributed by atoms with Gasteiger partial charge in [0.2, 0.25) is 18.5 Å². The van der Waals surface area contributed by atoms with E-state index in [2.05, 4.69) is 9.98 Å². The minimum Gasteiger partial charge on any atom is -0.221 e. The zero-order valence-corrected chi connectivity index (χ0v) is 5.79. The molecule has 0 amide bonds. The van der Waals surface area contributed by atoms with E-state index in [0.717, 1.165) is 6.08 Å². The van der Waals surface area contributed by atoms with Crippen molar-refractivity contribution in [1.82, 2.24) is 0 Å². The van der Waals surface area contributed by atoms with Crippen LogP contribution in [-0.4, -0.2) is 25.0 Å². The molecule has 0 aliphatic carbocycles. The number of hydrogen-bond acceptors (Lipinski definition) is 4. The first-order valence-corrected chi connectivity index (χ1v) is 3.06. The maximum Gasteiger partial charge on any atom is 0.237 e. The van der Waals surface area contributed by atoms with E-state index in [1.165, 1.54) is 6.08 Å². The zero-order chi connectivity index (χ0) is 8.53. The van der Waals surface area contributed by atoms with Crippen molar-refractivity contribution >= 4 is 12.2 Å². The molecule has 1 atom stereocenters. The molecule has 0 radical (unpaired) electrons. The number of carbonyl (C=O) groups excluding carboxylic acids is 2. The quantitative estimate of drug-likeness (QED) is 0.256. The molecule has 0 aliphatic rings. The van der Waals surface area contributed by atoms with Crippen LogP contribution in [0.2, 0.25) is 0 Å². The van der Waals surface area contributed by atoms with E-state index in [-0.39, 0.29) is 13.0 Å². The lowest BCUT2D eigenvalue weighted by atomic mass is 10.3. The third-order valence-electron chi connectivity index (χ3n) is 0.970. The second-order valence-corrected chi connectivity index (χ2v) is 1.77. The fraction of sp³-hybridized carbons (Fsp3) is 0.667. The molecule has 0 N–H and O–H groups in total. The average Bonchev–Trinajstić information content (AvgIpc) is 1.99. The van der Waals surface area contributed by atoms with Gasteiger partial charge < -0.3 is 0 Å². The fourth-order valence-corrected chi connectivity index (χ4v) is 0.506. The average molecular weight is 158 g/mol. The van der Waals surface area contributed by atoms with E-state index in [0.29, 0.717) is 6.42 Å². The van der Waals surface area contributed by atoms with Crippen LogP contribution in [0.1, 0.15) is 12.8 Å². The van der Waals surface area contributed by atoms with Crippen LogP contribution in [0, 0.1) is 0 Å². The fourth-order valence-electron chi connectivity index (χ4n) is 0.506. The van der Waals surface area contributed by atoms with Crippen LogP contribution in [0.5, 0.6) is 0 Å². The highest BCUT2D eigenvalue weighted by Crippen LogP contribution is 2.01. The lowest BCUT2D eigenvalue weighted by Gasteiger charge is -1.95. The van der Waals surface area contributed by atoms with E-state index in [1.54, 1.807) is 0 Å². The second-order valence-electron chi connectivity index (χ2n) is 1.77. The van der Waals surface area contributed by atoms with Gasteiger partial charge in [-0.1, -0.05) is 0 Å². The third kappa shape index (κ3) is 6.58. The summed E-state index contributed by atoms with van der Waals surface area (Å²) in [7, 11) is 0. The lowest BCUT2D eigenvalue weighted by molar-refractivity contribution is 0.321. The third-order valence-corrected chi connectivity index (χ3v) is 0.970. The summed E-state index contributed by atoms with van der Waals surface area (Å²) in [5.41, 5.74) is 0. The molecule has 60 valence electrons. The predicted octanol–water partition coefficient (Wildman–Crippen LogP) is 0.734. The Bertz CT molecular complexity index is 195. The van der Waals surface area contributed by atoms with Crippen LogP contribution < -0.4 is 0 Å². The Morgan fingerprint density at radius 1 is 1.36 bits per heavy atom. The van der Waals surface area contributed by atoms with E-state index >= 15 is 0 Å². The molecule has 4 nitrogen and oxygen atoms in total. The first-order valence-electron chi connectivity index (χ1n) is 3.06. The Morgan fingerprint density at radius 3 is 2.64 bits per heavy atom. The Kier molecular flexibility index (Phi) is 5.99. The number of nitrogens with zero attached hydrogens (tertiary/aromatic N) is 2. The highest BCUT2D eigenvalue weighted by atomic mass is 19.1. The second kappa shape index (κ2) is 6.81. The summed E-state index contributed by atoms with van der Waals surface area (Å²) in [6, 6.07) is 0. The molecular weight excluding hydrogens is 151 g/mol. The van der Waals surface area contributed by atoms with Gasteiger partial charge in [-0.3, -0.25) is 0 Å². The highest BCUT2D eigenvalue weighted by molar-refractivity contribution is 5.33. The van der Waals surface area contributed by atoms with Gasteiger partial charge in [0, 0.05) is 6.42 Å². The molecule has 0 heterocycles. The van der Waals surface area contributed by atoms with Crippen LogP contribution in [-0.2, 0) is 9.59 Å². The van der Waals surface area contributed by atoms with E-state index < -0.39 is 6.30 Å². The van der Waals surface area contributed by atoms with E-state index in [1.807, 2.05) is 0 Å². The van der Waals surface area contributed by atoms with Gasteiger partial charge in [0.1, 0.15) is 0 Å². The van der Waals surface area contributed by atoms with Crippen molar-refractivity contribution in [3.05, 3.63) is 0 Å². The monoisotopic (exact) mass is 158 g/mol. The molecule has 0 aliphatic heterocycles. The van der Waals surface area contributed by atoms with Crippen molar-refractivity contribution in [3.63, 3.8) is 0 Å². The summed E-state index contributed by atoms with van der Waals surface area (Å²) in [6.45, 7) is 0.221. The molecule has 5 heteroatoms. The molecule has 0 rings (SSSR count). The first kappa shape index (κ1) is 9.69. The Morgan fingerprint density at radius 2 is 2.09 bits per heavy atom. The van der Waals surface area contributed by atoms with Crippen molar-refractivity contribution in [3.8, 4) is 0 Å². The predicted molar refractivity (Wildman–Crippen MR) is 35.2 cm³/mol. The molecule has 0 saturated heterocycles. The molecular formula is C6H7FN2O2. The Hall–Kier alpha value is -1.31. The highest BCUT2D eigenvalue weighted by Gasteiger charge is 2.00. The molecule has 0 aromatic heterocycles. The van der Waals surface area contributed by atoms with Gasteiger partial charge >= 0.3 is 0 Å². The molecule has 11 heavy (non-hydrogen) atoms. The van der Waals surface area contributed by atoms with Gasteiger partial charge in [0.25, 0.3) is 0 Å². The minimum absolute atomic E-state index is 0.0837. The van der Waals surface area contributed by atoms with Gasteiger partial charge in [0.05, 0.1) is 6.54 Å². The summed E-state index contributed by atoms with van der Waals surface area (Å²) < 4.78 is 12.3. The molecule has 0 spiro atoms. The van der Waals surface area contributed by atoms with E-state index in [4.69, 9.17) is 0 Å². The van der Waals surface area contributed by atoms with Crippen molar-refractivity contribution in [2.24, 2.45) is 9.98 Å². The number of rotatable bonds is 5. The maximum atomic E-state index is 12.3. The molecule has 0 aromatic carbocycles. The number of isocyanates is 2. The van der Waals surface area contributed by atoms with Gasteiger partial charge in [-0.05, 0) is 6.42 Å². The summed E-state index contributed by atoms with van der Waals surface area (Å²) >= 11 is 0. The van der Waals surface area contributed by atoms with Crippen LogP contribution in [0.25, 0.3) is 0 Å². The molecule has 0 aromatic rings. The van der Waals surface area contributed by atoms with Crippen molar-refractivity contribution in [1.29, 1.82) is 0 Å². The Labute approximate surface area is 62.8 Å². The van der Waals surface area contributed by atoms with Gasteiger partial charge in [-0.2, -0.15) is 4.99 Å². The first-order chi connectivity index (χ1) is 5.31. The van der Waals surface area contributed by atoms with Crippen LogP contribution >= 0.6 is 0 Å². The molecule has 0 bridgehead atoms. The van der Waals surface area contributed by atoms with Crippen molar-refractivity contribution in [2.45, 2.75) is 19.1 Å². The normalized spacial score (nSPS) is 11.0. The van der Waals surface area contributed by atoms with Crippen LogP contribution in [0.15, 0.2) is 9.98 Å². The van der Waals surface area contributed by atoms with Gasteiger partial charge in [-0.15, -0.1) is 0 Å². The summed E-state index contributed by atoms with van der Waals surface area (Å²) in [5, 5.41) is 0. The summed E-state index contributed by atoms with van der Waals surface area (Å²) in [6.07, 6.45) is 1.36. The molecule has 1 unspecified atom stereocenters. The number of aliphatic imine (C=N–C) groups is 2. The summed E-state index contributed by atoms with van der Waals surface area (Å²) in [5.74, 6) is 0. The van der Waals surface area contributed by atoms with Crippen molar-refractivity contribution < 1.29 is 14.0 Å². The summed E-state index contributed by atoms with van der Waals surface area (Å²) in [4.78, 5) is 25.0. The standard InChI is InChI=1S/C6H7FN2O2/c7-6(9-5-11)2-1-3-8-4-10/h6H,1-3H2. The lowest BCUT2D eigenvalue weighted by Crippen LogP contribution is -1.95. The zero-order valence-electron chi connectivity index (χ0n) is 5.79. The SMILES string of the molecule is O=C=NCCCC(F)N=C=O. The number of hydrogen-bond donors (Lipinski definition) is 0. The van der Waals surface area contributed by atoms with Crippen LogP contribution in [0.3, 0.4) is 0 Å². The van der Waals surface area contributed by atoms with Gasteiger partial charge in [0.15, 0.2) is 0 Å². The topological polar surface area (TPSA) is 58.9 Å². The molecule has 0 saturated carbocycles. The maximum absolute atomic E-state index is 12.3.